The van der Waals surface area contributed by atoms with E-state index in [0.29, 0.717) is 18.8 Å². The van der Waals surface area contributed by atoms with Gasteiger partial charge in [-0.15, -0.1) is 0 Å². The van der Waals surface area contributed by atoms with Crippen molar-refractivity contribution in [3.05, 3.63) is 82.7 Å². The topological polar surface area (TPSA) is 80.5 Å². The van der Waals surface area contributed by atoms with Crippen LogP contribution in [-0.4, -0.2) is 22.9 Å². The summed E-state index contributed by atoms with van der Waals surface area (Å²) in [5.41, 5.74) is 7.81. The number of ether oxygens (including phenoxy) is 1. The maximum absolute atomic E-state index is 13.4. The number of carbonyl (C=O) groups excluding carboxylic acids is 1. The molecule has 2 unspecified atom stereocenters. The van der Waals surface area contributed by atoms with Crippen molar-refractivity contribution >= 4 is 11.7 Å². The van der Waals surface area contributed by atoms with E-state index >= 15 is 0 Å². The van der Waals surface area contributed by atoms with Gasteiger partial charge >= 0.3 is 0 Å². The zero-order valence-electron chi connectivity index (χ0n) is 17.8. The minimum Gasteiger partial charge on any atom is -0.497 e. The zero-order chi connectivity index (χ0) is 21.5. The lowest BCUT2D eigenvalue weighted by molar-refractivity contribution is -0.116. The number of rotatable bonds is 4. The lowest BCUT2D eigenvalue weighted by atomic mass is 9.81. The number of hydrazine groups is 1. The standard InChI is InChI=1S/C24H24N4O3/c1-14-10-15(2)26-24(25-14)28-23(16-6-4-7-18(11-16)30-3)22-19(27-28)12-17(13-20(22)29)21-8-5-9-31-21/h4-11,17,23,27H,12-13H2,1-3H3. The molecule has 1 aromatic carbocycles. The first-order chi connectivity index (χ1) is 15.0. The van der Waals surface area contributed by atoms with Crippen LogP contribution in [0.4, 0.5) is 5.95 Å². The molecule has 5 rings (SSSR count). The molecule has 0 spiro atoms. The van der Waals surface area contributed by atoms with Crippen molar-refractivity contribution in [3.8, 4) is 5.75 Å². The SMILES string of the molecule is COc1cccc(C2C3=C(CC(c4ccco4)CC3=O)NN2c2nc(C)cc(C)n2)c1. The largest absolute Gasteiger partial charge is 0.497 e. The second-order valence-electron chi connectivity index (χ2n) is 8.05. The van der Waals surface area contributed by atoms with E-state index in [4.69, 9.17) is 9.15 Å². The van der Waals surface area contributed by atoms with Gasteiger partial charge in [0.2, 0.25) is 5.95 Å². The molecule has 0 fully saturated rings. The number of nitrogens with one attached hydrogen (secondary N) is 1. The number of aryl methyl sites for hydroxylation is 2. The van der Waals surface area contributed by atoms with Gasteiger partial charge in [-0.2, -0.15) is 0 Å². The Balaban J connectivity index is 1.60. The summed E-state index contributed by atoms with van der Waals surface area (Å²) in [6, 6.07) is 13.2. The zero-order valence-corrected chi connectivity index (χ0v) is 17.8. The van der Waals surface area contributed by atoms with Gasteiger partial charge < -0.3 is 9.15 Å². The fraction of sp³-hybridized carbons (Fsp3) is 0.292. The molecule has 1 aliphatic heterocycles. The highest BCUT2D eigenvalue weighted by molar-refractivity contribution is 6.00. The number of ketones is 1. The predicted octanol–water partition coefficient (Wildman–Crippen LogP) is 4.16. The highest BCUT2D eigenvalue weighted by Gasteiger charge is 2.43. The molecule has 2 aromatic heterocycles. The molecular weight excluding hydrogens is 392 g/mol. The molecule has 3 aromatic rings. The summed E-state index contributed by atoms with van der Waals surface area (Å²) in [4.78, 5) is 22.7. The molecule has 0 bridgehead atoms. The van der Waals surface area contributed by atoms with Crippen LogP contribution < -0.4 is 15.2 Å². The van der Waals surface area contributed by atoms with E-state index in [1.807, 2.05) is 61.3 Å². The van der Waals surface area contributed by atoms with Gasteiger partial charge in [-0.3, -0.25) is 10.2 Å². The summed E-state index contributed by atoms with van der Waals surface area (Å²) in [6.45, 7) is 3.89. The lowest BCUT2D eigenvalue weighted by Crippen LogP contribution is -2.36. The number of aromatic nitrogens is 2. The van der Waals surface area contributed by atoms with Gasteiger partial charge in [0.25, 0.3) is 0 Å². The van der Waals surface area contributed by atoms with Gasteiger partial charge in [0.15, 0.2) is 5.78 Å². The van der Waals surface area contributed by atoms with Crippen LogP contribution in [0.3, 0.4) is 0 Å². The Hall–Kier alpha value is -3.61. The van der Waals surface area contributed by atoms with E-state index in [1.165, 1.54) is 0 Å². The summed E-state index contributed by atoms with van der Waals surface area (Å²) in [6.07, 6.45) is 2.76. The quantitative estimate of drug-likeness (QED) is 0.684. The number of methoxy groups -OCH3 is 1. The normalized spacial score (nSPS) is 20.6. The molecule has 0 saturated carbocycles. The van der Waals surface area contributed by atoms with E-state index in [2.05, 4.69) is 15.4 Å². The van der Waals surface area contributed by atoms with Crippen molar-refractivity contribution in [2.75, 3.05) is 12.1 Å². The first-order valence-electron chi connectivity index (χ1n) is 10.3. The van der Waals surface area contributed by atoms with E-state index in [9.17, 15) is 4.79 Å². The van der Waals surface area contributed by atoms with Crippen molar-refractivity contribution in [2.24, 2.45) is 0 Å². The van der Waals surface area contributed by atoms with Gasteiger partial charge in [0, 0.05) is 35.0 Å². The Bertz CT molecular complexity index is 1150. The van der Waals surface area contributed by atoms with Crippen LogP contribution in [0.15, 0.2) is 64.4 Å². The number of nitrogens with zero attached hydrogens (tertiary/aromatic N) is 3. The first kappa shape index (κ1) is 19.4. The Labute approximate surface area is 180 Å². The van der Waals surface area contributed by atoms with Crippen LogP contribution in [0, 0.1) is 13.8 Å². The van der Waals surface area contributed by atoms with Gasteiger partial charge in [-0.1, -0.05) is 12.1 Å². The Morgan fingerprint density at radius 2 is 1.90 bits per heavy atom. The third kappa shape index (κ3) is 3.46. The minimum atomic E-state index is -0.337. The number of allylic oxidation sites excluding steroid dienone is 1. The molecule has 31 heavy (non-hydrogen) atoms. The van der Waals surface area contributed by atoms with Crippen molar-refractivity contribution in [1.29, 1.82) is 0 Å². The van der Waals surface area contributed by atoms with Crippen LogP contribution in [0.1, 0.15) is 47.5 Å². The smallest absolute Gasteiger partial charge is 0.245 e. The number of hydrogen-bond donors (Lipinski definition) is 1. The Morgan fingerprint density at radius 1 is 1.10 bits per heavy atom. The lowest BCUT2D eigenvalue weighted by Gasteiger charge is -2.27. The van der Waals surface area contributed by atoms with E-state index in [1.54, 1.807) is 13.4 Å². The maximum atomic E-state index is 13.4. The van der Waals surface area contributed by atoms with Crippen LogP contribution in [0.25, 0.3) is 0 Å². The molecule has 0 radical (unpaired) electrons. The minimum absolute atomic E-state index is 0.0137. The predicted molar refractivity (Wildman–Crippen MR) is 116 cm³/mol. The van der Waals surface area contributed by atoms with Crippen molar-refractivity contribution in [2.45, 2.75) is 38.6 Å². The summed E-state index contributed by atoms with van der Waals surface area (Å²) >= 11 is 0. The van der Waals surface area contributed by atoms with E-state index in [-0.39, 0.29) is 17.7 Å². The fourth-order valence-electron chi connectivity index (χ4n) is 4.53. The average Bonchev–Trinajstić information content (AvgIpc) is 3.41. The summed E-state index contributed by atoms with van der Waals surface area (Å²) in [7, 11) is 1.64. The molecule has 0 saturated heterocycles. The van der Waals surface area contributed by atoms with Gasteiger partial charge in [0.1, 0.15) is 17.6 Å². The number of anilines is 1. The monoisotopic (exact) mass is 416 g/mol. The van der Waals surface area contributed by atoms with E-state index in [0.717, 1.165) is 39.7 Å². The number of hydrogen-bond acceptors (Lipinski definition) is 7. The fourth-order valence-corrected chi connectivity index (χ4v) is 4.53. The maximum Gasteiger partial charge on any atom is 0.245 e. The van der Waals surface area contributed by atoms with Crippen LogP contribution in [-0.2, 0) is 4.79 Å². The third-order valence-corrected chi connectivity index (χ3v) is 5.84. The highest BCUT2D eigenvalue weighted by atomic mass is 16.5. The van der Waals surface area contributed by atoms with Crippen LogP contribution in [0.2, 0.25) is 0 Å². The average molecular weight is 416 g/mol. The van der Waals surface area contributed by atoms with Crippen LogP contribution in [0.5, 0.6) is 5.75 Å². The molecule has 0 amide bonds. The first-order valence-corrected chi connectivity index (χ1v) is 10.3. The Morgan fingerprint density at radius 3 is 2.61 bits per heavy atom. The molecule has 2 aliphatic rings. The number of carbonyl (C=O) groups is 1. The third-order valence-electron chi connectivity index (χ3n) is 5.84. The Kier molecular flexibility index (Phi) is 4.73. The molecule has 1 N–H and O–H groups in total. The summed E-state index contributed by atoms with van der Waals surface area (Å²) < 4.78 is 11.0. The second kappa shape index (κ2) is 7.58. The summed E-state index contributed by atoms with van der Waals surface area (Å²) in [5.74, 6) is 2.24. The molecule has 3 heterocycles. The molecule has 1 aliphatic carbocycles. The van der Waals surface area contributed by atoms with Crippen LogP contribution >= 0.6 is 0 Å². The van der Waals surface area contributed by atoms with Crippen molar-refractivity contribution in [3.63, 3.8) is 0 Å². The van der Waals surface area contributed by atoms with Crippen molar-refractivity contribution < 1.29 is 13.9 Å². The number of furan rings is 1. The van der Waals surface area contributed by atoms with Gasteiger partial charge in [0.05, 0.1) is 13.4 Å². The van der Waals surface area contributed by atoms with Crippen molar-refractivity contribution in [1.82, 2.24) is 15.4 Å². The number of benzene rings is 1. The summed E-state index contributed by atoms with van der Waals surface area (Å²) in [5, 5.41) is 1.90. The van der Waals surface area contributed by atoms with Gasteiger partial charge in [-0.25, -0.2) is 15.0 Å². The molecule has 2 atom stereocenters. The highest BCUT2D eigenvalue weighted by Crippen LogP contribution is 2.45. The molecule has 7 heteroatoms. The van der Waals surface area contributed by atoms with E-state index < -0.39 is 0 Å². The van der Waals surface area contributed by atoms with Gasteiger partial charge in [-0.05, 0) is 56.2 Å². The molecular formula is C24H24N4O3. The second-order valence-corrected chi connectivity index (χ2v) is 8.05. The number of Topliss-reactive ketones (excluding diaryl/α,β-unsaturated/α-hetero) is 1. The molecule has 158 valence electrons. The molecule has 7 nitrogen and oxygen atoms in total.